The molecule has 1 amide bonds. The van der Waals surface area contributed by atoms with Crippen LogP contribution in [0.25, 0.3) is 0 Å². The van der Waals surface area contributed by atoms with E-state index in [9.17, 15) is 4.79 Å². The van der Waals surface area contributed by atoms with Gasteiger partial charge in [0.1, 0.15) is 5.75 Å². The van der Waals surface area contributed by atoms with E-state index in [0.717, 1.165) is 36.3 Å². The van der Waals surface area contributed by atoms with E-state index in [1.807, 2.05) is 62.5 Å². The van der Waals surface area contributed by atoms with Gasteiger partial charge in [-0.1, -0.05) is 18.2 Å². The number of aromatic nitrogens is 2. The number of benzene rings is 1. The van der Waals surface area contributed by atoms with Crippen LogP contribution >= 0.6 is 0 Å². The highest BCUT2D eigenvalue weighted by Crippen LogP contribution is 2.20. The number of rotatable bonds is 5. The fourth-order valence-corrected chi connectivity index (χ4v) is 3.18. The lowest BCUT2D eigenvalue weighted by atomic mass is 10.0. The van der Waals surface area contributed by atoms with Crippen molar-refractivity contribution in [3.63, 3.8) is 0 Å². The Balaban J connectivity index is 1.58. The minimum atomic E-state index is 0.0242. The van der Waals surface area contributed by atoms with E-state index in [0.29, 0.717) is 12.5 Å². The number of piperidine rings is 1. The molecular weight excluding hydrogens is 328 g/mol. The zero-order valence-electron chi connectivity index (χ0n) is 15.7. The molecule has 0 spiro atoms. The average molecular weight is 354 g/mol. The Morgan fingerprint density at radius 2 is 2.00 bits per heavy atom. The van der Waals surface area contributed by atoms with Crippen LogP contribution in [0, 0.1) is 13.8 Å². The molecule has 1 aromatic heterocycles. The van der Waals surface area contributed by atoms with Crippen molar-refractivity contribution in [3.05, 3.63) is 47.8 Å². The number of amides is 1. The first-order valence-corrected chi connectivity index (χ1v) is 9.02. The number of carbonyl (C=O) groups is 1. The van der Waals surface area contributed by atoms with Gasteiger partial charge in [-0.15, -0.1) is 0 Å². The van der Waals surface area contributed by atoms with Gasteiger partial charge >= 0.3 is 0 Å². The molecule has 6 heteroatoms. The van der Waals surface area contributed by atoms with E-state index >= 15 is 0 Å². The zero-order chi connectivity index (χ0) is 18.5. The molecule has 1 aliphatic heterocycles. The summed E-state index contributed by atoms with van der Waals surface area (Å²) in [5, 5.41) is 0. The molecule has 0 saturated carbocycles. The molecule has 0 aliphatic carbocycles. The first-order valence-electron chi connectivity index (χ1n) is 9.02. The number of para-hydroxylation sites is 1. The third-order valence-corrected chi connectivity index (χ3v) is 4.82. The van der Waals surface area contributed by atoms with Gasteiger partial charge in [-0.05, 0) is 43.9 Å². The Morgan fingerprint density at radius 3 is 2.73 bits per heavy atom. The van der Waals surface area contributed by atoms with Gasteiger partial charge in [0.15, 0.2) is 6.61 Å². The van der Waals surface area contributed by atoms with E-state index in [4.69, 9.17) is 4.74 Å². The van der Waals surface area contributed by atoms with Gasteiger partial charge in [-0.25, -0.2) is 9.97 Å². The van der Waals surface area contributed by atoms with Crippen molar-refractivity contribution in [3.8, 4) is 5.75 Å². The number of likely N-dealkylation sites (tertiary alicyclic amines) is 1. The molecule has 0 radical (unpaired) electrons. The summed E-state index contributed by atoms with van der Waals surface area (Å²) < 4.78 is 5.72. The van der Waals surface area contributed by atoms with E-state index in [1.165, 1.54) is 0 Å². The summed E-state index contributed by atoms with van der Waals surface area (Å²) in [4.78, 5) is 25.3. The van der Waals surface area contributed by atoms with Gasteiger partial charge in [0.05, 0.1) is 0 Å². The summed E-state index contributed by atoms with van der Waals surface area (Å²) in [7, 11) is 1.99. The quantitative estimate of drug-likeness (QED) is 0.826. The number of nitrogens with zero attached hydrogens (tertiary/aromatic N) is 4. The van der Waals surface area contributed by atoms with Gasteiger partial charge in [0.25, 0.3) is 5.91 Å². The summed E-state index contributed by atoms with van der Waals surface area (Å²) in [5.74, 6) is 1.49. The van der Waals surface area contributed by atoms with Gasteiger partial charge in [-0.2, -0.15) is 0 Å². The number of ether oxygens (including phenoxy) is 1. The van der Waals surface area contributed by atoms with Crippen LogP contribution in [0.1, 0.15) is 24.0 Å². The second kappa shape index (κ2) is 8.17. The molecule has 2 aromatic rings. The first-order chi connectivity index (χ1) is 12.5. The Morgan fingerprint density at radius 1 is 1.27 bits per heavy atom. The van der Waals surface area contributed by atoms with E-state index < -0.39 is 0 Å². The van der Waals surface area contributed by atoms with Crippen molar-refractivity contribution in [2.24, 2.45) is 0 Å². The average Bonchev–Trinajstić information content (AvgIpc) is 2.67. The summed E-state index contributed by atoms with van der Waals surface area (Å²) in [6.07, 6.45) is 5.63. The number of aryl methyl sites for hydroxylation is 2. The minimum absolute atomic E-state index is 0.0242. The second-order valence-electron chi connectivity index (χ2n) is 6.86. The van der Waals surface area contributed by atoms with Crippen LogP contribution in [-0.2, 0) is 4.79 Å². The maximum absolute atomic E-state index is 12.6. The zero-order valence-corrected chi connectivity index (χ0v) is 15.7. The van der Waals surface area contributed by atoms with Crippen molar-refractivity contribution < 1.29 is 9.53 Å². The number of hydrogen-bond donors (Lipinski definition) is 0. The largest absolute Gasteiger partial charge is 0.484 e. The number of anilines is 1. The van der Waals surface area contributed by atoms with Crippen molar-refractivity contribution in [2.45, 2.75) is 32.7 Å². The van der Waals surface area contributed by atoms with Gasteiger partial charge in [-0.3, -0.25) is 4.79 Å². The first kappa shape index (κ1) is 18.2. The third-order valence-electron chi connectivity index (χ3n) is 4.82. The highest BCUT2D eigenvalue weighted by molar-refractivity contribution is 5.78. The maximum atomic E-state index is 12.6. The Kier molecular flexibility index (Phi) is 5.71. The summed E-state index contributed by atoms with van der Waals surface area (Å²) in [5.41, 5.74) is 2.07. The van der Waals surface area contributed by atoms with Gasteiger partial charge < -0.3 is 14.5 Å². The number of hydrogen-bond acceptors (Lipinski definition) is 5. The normalized spacial score (nSPS) is 17.0. The lowest BCUT2D eigenvalue weighted by Crippen LogP contribution is -2.50. The molecule has 2 heterocycles. The van der Waals surface area contributed by atoms with Crippen LogP contribution in [-0.4, -0.2) is 53.6 Å². The van der Waals surface area contributed by atoms with Crippen LogP contribution in [0.3, 0.4) is 0 Å². The molecule has 0 N–H and O–H groups in total. The van der Waals surface area contributed by atoms with Crippen LogP contribution < -0.4 is 9.64 Å². The molecule has 1 aromatic carbocycles. The molecule has 0 bridgehead atoms. The molecule has 138 valence electrons. The highest BCUT2D eigenvalue weighted by Gasteiger charge is 2.27. The topological polar surface area (TPSA) is 58.6 Å². The van der Waals surface area contributed by atoms with Gasteiger partial charge in [0.2, 0.25) is 5.95 Å². The molecular formula is C20H26N4O2. The Bertz CT molecular complexity index is 748. The SMILES string of the molecule is Cc1cnc(N(C)C2CCCN(C(=O)COc3ccccc3C)C2)nc1. The van der Waals surface area contributed by atoms with Crippen LogP contribution in [0.5, 0.6) is 5.75 Å². The summed E-state index contributed by atoms with van der Waals surface area (Å²) >= 11 is 0. The van der Waals surface area contributed by atoms with E-state index in [2.05, 4.69) is 14.9 Å². The molecule has 1 atom stereocenters. The lowest BCUT2D eigenvalue weighted by molar-refractivity contribution is -0.134. The van der Waals surface area contributed by atoms with Crippen molar-refractivity contribution in [1.82, 2.24) is 14.9 Å². The summed E-state index contributed by atoms with van der Waals surface area (Å²) in [6.45, 7) is 5.47. The van der Waals surface area contributed by atoms with Crippen molar-refractivity contribution in [1.29, 1.82) is 0 Å². The third kappa shape index (κ3) is 4.31. The predicted molar refractivity (Wildman–Crippen MR) is 101 cm³/mol. The highest BCUT2D eigenvalue weighted by atomic mass is 16.5. The number of carbonyl (C=O) groups excluding carboxylic acids is 1. The molecule has 1 unspecified atom stereocenters. The monoisotopic (exact) mass is 354 g/mol. The predicted octanol–water partition coefficient (Wildman–Crippen LogP) is 2.60. The molecule has 6 nitrogen and oxygen atoms in total. The fourth-order valence-electron chi connectivity index (χ4n) is 3.18. The van der Waals surface area contributed by atoms with Crippen LogP contribution in [0.2, 0.25) is 0 Å². The van der Waals surface area contributed by atoms with Crippen molar-refractivity contribution >= 4 is 11.9 Å². The van der Waals surface area contributed by atoms with E-state index in [-0.39, 0.29) is 18.6 Å². The molecule has 1 saturated heterocycles. The summed E-state index contributed by atoms with van der Waals surface area (Å²) in [6, 6.07) is 7.97. The Labute approximate surface area is 154 Å². The molecule has 26 heavy (non-hydrogen) atoms. The second-order valence-corrected chi connectivity index (χ2v) is 6.86. The smallest absolute Gasteiger partial charge is 0.260 e. The van der Waals surface area contributed by atoms with Gasteiger partial charge in [0, 0.05) is 38.6 Å². The van der Waals surface area contributed by atoms with Crippen LogP contribution in [0.4, 0.5) is 5.95 Å². The Hall–Kier alpha value is -2.63. The maximum Gasteiger partial charge on any atom is 0.260 e. The van der Waals surface area contributed by atoms with Crippen molar-refractivity contribution in [2.75, 3.05) is 31.6 Å². The number of likely N-dealkylation sites (N-methyl/N-ethyl adjacent to an activating group) is 1. The molecule has 1 aliphatic rings. The lowest BCUT2D eigenvalue weighted by Gasteiger charge is -2.37. The molecule has 1 fully saturated rings. The molecule has 3 rings (SSSR count). The van der Waals surface area contributed by atoms with Crippen LogP contribution in [0.15, 0.2) is 36.7 Å². The van der Waals surface area contributed by atoms with E-state index in [1.54, 1.807) is 0 Å². The standard InChI is InChI=1S/C20H26N4O2/c1-15-11-21-20(22-12-15)23(3)17-8-6-10-24(13-17)19(25)14-26-18-9-5-4-7-16(18)2/h4-5,7,9,11-12,17H,6,8,10,13-14H2,1-3H3. The minimum Gasteiger partial charge on any atom is -0.484 e. The fraction of sp³-hybridized carbons (Fsp3) is 0.450.